The van der Waals surface area contributed by atoms with E-state index in [1.807, 2.05) is 78.3 Å². The third-order valence-corrected chi connectivity index (χ3v) is 10.8. The molecule has 0 saturated heterocycles. The number of amides is 4. The van der Waals surface area contributed by atoms with E-state index in [9.17, 15) is 19.2 Å². The molecule has 1 fully saturated rings. The van der Waals surface area contributed by atoms with Crippen LogP contribution in [-0.2, 0) is 20.9 Å². The Balaban J connectivity index is 1.39. The topological polar surface area (TPSA) is 133 Å². The number of halogens is 1. The molecule has 0 bridgehead atoms. The van der Waals surface area contributed by atoms with Crippen LogP contribution in [0.3, 0.4) is 0 Å². The van der Waals surface area contributed by atoms with Crippen LogP contribution in [0.5, 0.6) is 0 Å². The van der Waals surface area contributed by atoms with E-state index in [-0.39, 0.29) is 41.9 Å². The molecule has 3 aromatic rings. The van der Waals surface area contributed by atoms with Gasteiger partial charge in [-0.1, -0.05) is 81.9 Å². The number of hydrogen-bond acceptors (Lipinski definition) is 6. The van der Waals surface area contributed by atoms with Crippen LogP contribution in [0.15, 0.2) is 73.4 Å². The van der Waals surface area contributed by atoms with Crippen molar-refractivity contribution in [2.24, 2.45) is 11.8 Å². The number of carbonyl (C=O) groups is 4. The summed E-state index contributed by atoms with van der Waals surface area (Å²) >= 11 is 1.90. The maximum atomic E-state index is 13.7. The smallest absolute Gasteiger partial charge is 0.281 e. The highest BCUT2D eigenvalue weighted by Gasteiger charge is 2.30. The van der Waals surface area contributed by atoms with E-state index in [1.54, 1.807) is 25.3 Å². The van der Waals surface area contributed by atoms with Crippen LogP contribution in [0, 0.1) is 11.8 Å². The molecule has 2 heterocycles. The van der Waals surface area contributed by atoms with Crippen molar-refractivity contribution in [2.75, 3.05) is 0 Å². The van der Waals surface area contributed by atoms with Crippen molar-refractivity contribution < 1.29 is 19.2 Å². The van der Waals surface area contributed by atoms with E-state index < -0.39 is 18.0 Å². The molecule has 4 amide bonds. The van der Waals surface area contributed by atoms with Gasteiger partial charge < -0.3 is 16.0 Å². The van der Waals surface area contributed by atoms with E-state index in [2.05, 4.69) is 32.5 Å². The predicted molar refractivity (Wildman–Crippen MR) is 205 cm³/mol. The van der Waals surface area contributed by atoms with E-state index >= 15 is 0 Å². The van der Waals surface area contributed by atoms with Gasteiger partial charge >= 0.3 is 0 Å². The second-order valence-corrected chi connectivity index (χ2v) is 14.4. The third-order valence-electron chi connectivity index (χ3n) is 9.49. The monoisotopic (exact) mass is 794 g/mol. The Labute approximate surface area is 310 Å². The van der Waals surface area contributed by atoms with Crippen molar-refractivity contribution in [1.29, 1.82) is 0 Å². The van der Waals surface area contributed by atoms with Crippen LogP contribution in [0.2, 0.25) is 0 Å². The van der Waals surface area contributed by atoms with Gasteiger partial charge in [0.25, 0.3) is 5.91 Å². The van der Waals surface area contributed by atoms with Gasteiger partial charge in [0.1, 0.15) is 17.8 Å². The number of fused-ring (bicyclic) bond motifs is 1. The second kappa shape index (κ2) is 20.1. The van der Waals surface area contributed by atoms with Gasteiger partial charge in [0.05, 0.1) is 40.6 Å². The van der Waals surface area contributed by atoms with Gasteiger partial charge in [0, 0.05) is 23.5 Å². The first kappa shape index (κ1) is 38.9. The van der Waals surface area contributed by atoms with Crippen LogP contribution in [0.1, 0.15) is 101 Å². The molecule has 0 radical (unpaired) electrons. The van der Waals surface area contributed by atoms with Gasteiger partial charge in [-0.05, 0) is 69.2 Å². The number of hydrogen-bond donors (Lipinski definition) is 3. The SMILES string of the molecule is C=CCC(CC[C@H](CC1CCCCC1)NC(=O)[C@H](C)N(I)C(=O)c1ccc2ccccc2n1)C(=O)NC(CCC)C(=O)NCc1ccccn1. The molecule has 268 valence electrons. The number of allylic oxidation sites excluding steroid dienone is 1. The molecule has 50 heavy (non-hydrogen) atoms. The summed E-state index contributed by atoms with van der Waals surface area (Å²) in [7, 11) is 0. The number of para-hydroxylation sites is 1. The van der Waals surface area contributed by atoms with Crippen molar-refractivity contribution in [3.63, 3.8) is 0 Å². The van der Waals surface area contributed by atoms with Crippen molar-refractivity contribution in [3.05, 3.63) is 84.8 Å². The normalized spacial score (nSPS) is 15.7. The largest absolute Gasteiger partial charge is 0.352 e. The maximum Gasteiger partial charge on any atom is 0.281 e. The van der Waals surface area contributed by atoms with Crippen LogP contribution in [0.4, 0.5) is 0 Å². The van der Waals surface area contributed by atoms with Crippen LogP contribution in [-0.4, -0.2) is 54.8 Å². The molecular formula is C39H51IN6O4. The molecule has 0 aliphatic heterocycles. The van der Waals surface area contributed by atoms with E-state index in [0.29, 0.717) is 31.6 Å². The van der Waals surface area contributed by atoms with Crippen LogP contribution >= 0.6 is 22.9 Å². The Kier molecular flexibility index (Phi) is 15.6. The molecule has 2 unspecified atom stereocenters. The zero-order valence-electron chi connectivity index (χ0n) is 29.3. The molecule has 1 aromatic carbocycles. The van der Waals surface area contributed by atoms with E-state index in [0.717, 1.165) is 42.3 Å². The first-order valence-corrected chi connectivity index (χ1v) is 18.9. The number of rotatable bonds is 18. The molecule has 11 heteroatoms. The van der Waals surface area contributed by atoms with Gasteiger partial charge in [-0.25, -0.2) is 4.98 Å². The average molecular weight is 795 g/mol. The third kappa shape index (κ3) is 11.6. The fraction of sp³-hybridized carbons (Fsp3) is 0.487. The lowest BCUT2D eigenvalue weighted by Crippen LogP contribution is -2.49. The minimum Gasteiger partial charge on any atom is -0.352 e. The standard InChI is InChI=1S/C39H51IN6O4/c1-4-13-30(37(48)45-34(14-5-2)38(49)42-26-32-18-11-12-24-41-32)20-22-31(25-28-15-7-6-8-16-28)43-36(47)27(3)46(40)39(50)35-23-21-29-17-9-10-19-33(29)44-35/h4,9-12,17-19,21,23-24,27-28,30-31,34H,1,5-8,13-16,20,22,25-26H2,2-3H3,(H,42,49)(H,43,47)(H,45,48)/t27-,30?,31+,34?/m0/s1. The molecule has 4 atom stereocenters. The number of pyridine rings is 2. The molecule has 1 aliphatic carbocycles. The molecule has 1 aliphatic rings. The number of nitrogens with one attached hydrogen (secondary N) is 3. The Morgan fingerprint density at radius 3 is 2.42 bits per heavy atom. The van der Waals surface area contributed by atoms with Crippen molar-refractivity contribution >= 4 is 57.4 Å². The maximum absolute atomic E-state index is 13.7. The first-order chi connectivity index (χ1) is 24.2. The van der Waals surface area contributed by atoms with Gasteiger partial charge in [0.2, 0.25) is 17.7 Å². The quantitative estimate of drug-likeness (QED) is 0.0735. The minimum absolute atomic E-state index is 0.167. The lowest BCUT2D eigenvalue weighted by atomic mass is 9.83. The van der Waals surface area contributed by atoms with Gasteiger partial charge in [-0.3, -0.25) is 27.3 Å². The number of carbonyl (C=O) groups excluding carboxylic acids is 4. The zero-order chi connectivity index (χ0) is 35.9. The zero-order valence-corrected chi connectivity index (χ0v) is 31.4. The summed E-state index contributed by atoms with van der Waals surface area (Å²) in [5.74, 6) is -0.925. The second-order valence-electron chi connectivity index (χ2n) is 13.3. The molecule has 4 rings (SSSR count). The number of aromatic nitrogens is 2. The van der Waals surface area contributed by atoms with Crippen LogP contribution < -0.4 is 16.0 Å². The lowest BCUT2D eigenvalue weighted by Gasteiger charge is -2.30. The summed E-state index contributed by atoms with van der Waals surface area (Å²) in [5, 5.41) is 10.1. The Bertz CT molecular complexity index is 1580. The van der Waals surface area contributed by atoms with Gasteiger partial charge in [-0.15, -0.1) is 6.58 Å². The fourth-order valence-corrected chi connectivity index (χ4v) is 7.08. The van der Waals surface area contributed by atoms with Crippen molar-refractivity contribution in [3.8, 4) is 0 Å². The summed E-state index contributed by atoms with van der Waals surface area (Å²) in [4.78, 5) is 62.6. The molecule has 0 spiro atoms. The first-order valence-electron chi connectivity index (χ1n) is 17.9. The summed E-state index contributed by atoms with van der Waals surface area (Å²) in [6.45, 7) is 7.87. The van der Waals surface area contributed by atoms with E-state index in [4.69, 9.17) is 0 Å². The summed E-state index contributed by atoms with van der Waals surface area (Å²) in [6.07, 6.45) is 12.9. The highest BCUT2D eigenvalue weighted by molar-refractivity contribution is 14.1. The fourth-order valence-electron chi connectivity index (χ4n) is 6.58. The Morgan fingerprint density at radius 1 is 0.940 bits per heavy atom. The Hall–Kier alpha value is -3.87. The van der Waals surface area contributed by atoms with Gasteiger partial charge in [-0.2, -0.15) is 0 Å². The number of benzene rings is 1. The molecule has 2 aromatic heterocycles. The molecule has 3 N–H and O–H groups in total. The summed E-state index contributed by atoms with van der Waals surface area (Å²) in [6, 6.07) is 15.1. The Morgan fingerprint density at radius 2 is 1.70 bits per heavy atom. The summed E-state index contributed by atoms with van der Waals surface area (Å²) in [5.41, 5.74) is 1.74. The molecule has 1 saturated carbocycles. The van der Waals surface area contributed by atoms with Crippen LogP contribution in [0.25, 0.3) is 10.9 Å². The minimum atomic E-state index is -0.739. The highest BCUT2D eigenvalue weighted by atomic mass is 127. The van der Waals surface area contributed by atoms with E-state index in [1.165, 1.54) is 22.4 Å². The molecule has 10 nitrogen and oxygen atoms in total. The highest BCUT2D eigenvalue weighted by Crippen LogP contribution is 2.29. The summed E-state index contributed by atoms with van der Waals surface area (Å²) < 4.78 is 1.41. The predicted octanol–water partition coefficient (Wildman–Crippen LogP) is 6.84. The number of nitrogens with zero attached hydrogens (tertiary/aromatic N) is 3. The van der Waals surface area contributed by atoms with Gasteiger partial charge in [0.15, 0.2) is 0 Å². The van der Waals surface area contributed by atoms with Crippen molar-refractivity contribution in [2.45, 2.75) is 109 Å². The lowest BCUT2D eigenvalue weighted by molar-refractivity contribution is -0.131. The average Bonchev–Trinajstić information content (AvgIpc) is 3.14. The van der Waals surface area contributed by atoms with Crippen molar-refractivity contribution in [1.82, 2.24) is 29.0 Å². The molecular weight excluding hydrogens is 743 g/mol.